The van der Waals surface area contributed by atoms with Crippen molar-refractivity contribution in [1.29, 1.82) is 0 Å². The number of furan rings is 1. The van der Waals surface area contributed by atoms with Gasteiger partial charge in [-0.15, -0.1) is 0 Å². The summed E-state index contributed by atoms with van der Waals surface area (Å²) in [7, 11) is 0. The van der Waals surface area contributed by atoms with E-state index in [0.29, 0.717) is 5.76 Å². The fourth-order valence-electron chi connectivity index (χ4n) is 1.75. The van der Waals surface area contributed by atoms with Crippen LogP contribution in [0, 0.1) is 12.7 Å². The Bertz CT molecular complexity index is 663. The van der Waals surface area contributed by atoms with Gasteiger partial charge in [-0.2, -0.15) is 0 Å². The van der Waals surface area contributed by atoms with Crippen LogP contribution in [0.4, 0.5) is 4.39 Å². The Morgan fingerprint density at radius 1 is 1.30 bits per heavy atom. The molecular formula is C14H12FNO4. The van der Waals surface area contributed by atoms with Gasteiger partial charge in [-0.1, -0.05) is 12.1 Å². The number of benzene rings is 1. The summed E-state index contributed by atoms with van der Waals surface area (Å²) >= 11 is 0. The van der Waals surface area contributed by atoms with Gasteiger partial charge in [0.1, 0.15) is 22.9 Å². The normalized spacial score (nSPS) is 10.3. The van der Waals surface area contributed by atoms with Gasteiger partial charge < -0.3 is 14.8 Å². The Labute approximate surface area is 114 Å². The van der Waals surface area contributed by atoms with E-state index in [2.05, 4.69) is 5.32 Å². The monoisotopic (exact) mass is 277 g/mol. The Kier molecular flexibility index (Phi) is 3.84. The Morgan fingerprint density at radius 3 is 2.60 bits per heavy atom. The number of aromatic carboxylic acids is 1. The zero-order valence-corrected chi connectivity index (χ0v) is 10.6. The van der Waals surface area contributed by atoms with E-state index in [9.17, 15) is 14.0 Å². The molecule has 104 valence electrons. The second-order valence-electron chi connectivity index (χ2n) is 4.15. The number of carbonyl (C=O) groups is 2. The summed E-state index contributed by atoms with van der Waals surface area (Å²) in [4.78, 5) is 22.6. The number of carboxylic acid groups (broad SMARTS) is 1. The zero-order chi connectivity index (χ0) is 14.7. The lowest BCUT2D eigenvalue weighted by Crippen LogP contribution is -2.23. The third kappa shape index (κ3) is 2.85. The maximum Gasteiger partial charge on any atom is 0.339 e. The summed E-state index contributed by atoms with van der Waals surface area (Å²) in [5.74, 6) is -1.75. The van der Waals surface area contributed by atoms with Gasteiger partial charge in [0.05, 0.1) is 12.1 Å². The standard InChI is InChI=1S/C14H12FNO4/c1-8-11(14(18)19)6-9(20-8)7-16-13(17)10-4-2-3-5-12(10)15/h2-6H,7H2,1H3,(H,16,17)(H,18,19). The molecule has 0 saturated heterocycles. The molecule has 0 bridgehead atoms. The van der Waals surface area contributed by atoms with Crippen LogP contribution >= 0.6 is 0 Å². The lowest BCUT2D eigenvalue weighted by atomic mass is 10.2. The molecule has 0 aliphatic rings. The van der Waals surface area contributed by atoms with Gasteiger partial charge in [-0.25, -0.2) is 9.18 Å². The average molecular weight is 277 g/mol. The predicted octanol–water partition coefficient (Wildman–Crippen LogP) is 2.36. The third-order valence-electron chi connectivity index (χ3n) is 2.74. The first-order chi connectivity index (χ1) is 9.49. The van der Waals surface area contributed by atoms with Crippen molar-refractivity contribution < 1.29 is 23.5 Å². The summed E-state index contributed by atoms with van der Waals surface area (Å²) < 4.78 is 18.6. The number of hydrogen-bond acceptors (Lipinski definition) is 3. The van der Waals surface area contributed by atoms with Crippen LogP contribution in [0.3, 0.4) is 0 Å². The van der Waals surface area contributed by atoms with Crippen LogP contribution in [0.2, 0.25) is 0 Å². The van der Waals surface area contributed by atoms with Crippen molar-refractivity contribution in [2.24, 2.45) is 0 Å². The van der Waals surface area contributed by atoms with Gasteiger partial charge in [0, 0.05) is 0 Å². The number of nitrogens with one attached hydrogen (secondary N) is 1. The minimum Gasteiger partial charge on any atom is -0.478 e. The first kappa shape index (κ1) is 13.8. The van der Waals surface area contributed by atoms with E-state index in [4.69, 9.17) is 9.52 Å². The molecule has 0 unspecified atom stereocenters. The Morgan fingerprint density at radius 2 is 2.00 bits per heavy atom. The molecule has 0 aliphatic carbocycles. The number of halogens is 1. The van der Waals surface area contributed by atoms with Crippen molar-refractivity contribution in [2.45, 2.75) is 13.5 Å². The molecule has 1 aromatic heterocycles. The van der Waals surface area contributed by atoms with Crippen molar-refractivity contribution >= 4 is 11.9 Å². The number of aryl methyl sites for hydroxylation is 1. The van der Waals surface area contributed by atoms with Gasteiger partial charge in [-0.05, 0) is 25.1 Å². The van der Waals surface area contributed by atoms with Gasteiger partial charge in [0.15, 0.2) is 0 Å². The first-order valence-electron chi connectivity index (χ1n) is 5.84. The van der Waals surface area contributed by atoms with Crippen LogP contribution in [-0.4, -0.2) is 17.0 Å². The number of carboxylic acids is 1. The maximum atomic E-state index is 13.4. The Balaban J connectivity index is 2.06. The molecule has 0 fully saturated rings. The second kappa shape index (κ2) is 5.56. The molecule has 2 aromatic rings. The third-order valence-corrected chi connectivity index (χ3v) is 2.74. The van der Waals surface area contributed by atoms with Crippen molar-refractivity contribution in [3.05, 3.63) is 58.8 Å². The summed E-state index contributed by atoms with van der Waals surface area (Å²) in [5, 5.41) is 11.3. The predicted molar refractivity (Wildman–Crippen MR) is 68.0 cm³/mol. The summed E-state index contributed by atoms with van der Waals surface area (Å²) in [5.41, 5.74) is -0.0330. The van der Waals surface area contributed by atoms with Crippen LogP contribution in [0.25, 0.3) is 0 Å². The molecule has 0 radical (unpaired) electrons. The number of rotatable bonds is 4. The van der Waals surface area contributed by atoms with Gasteiger partial charge in [0.25, 0.3) is 5.91 Å². The number of carbonyl (C=O) groups excluding carboxylic acids is 1. The number of hydrogen-bond donors (Lipinski definition) is 2. The molecule has 0 saturated carbocycles. The van der Waals surface area contributed by atoms with Crippen LogP contribution in [0.1, 0.15) is 32.2 Å². The maximum absolute atomic E-state index is 13.4. The molecule has 1 heterocycles. The second-order valence-corrected chi connectivity index (χ2v) is 4.15. The topological polar surface area (TPSA) is 79.5 Å². The van der Waals surface area contributed by atoms with Crippen molar-refractivity contribution in [2.75, 3.05) is 0 Å². The molecule has 2 rings (SSSR count). The van der Waals surface area contributed by atoms with E-state index in [-0.39, 0.29) is 23.4 Å². The zero-order valence-electron chi connectivity index (χ0n) is 10.6. The van der Waals surface area contributed by atoms with Crippen LogP contribution in [-0.2, 0) is 6.54 Å². The van der Waals surface area contributed by atoms with E-state index < -0.39 is 17.7 Å². The minimum absolute atomic E-state index is 0.0126. The molecule has 0 aliphatic heterocycles. The average Bonchev–Trinajstić information content (AvgIpc) is 2.78. The molecule has 6 heteroatoms. The van der Waals surface area contributed by atoms with Crippen LogP contribution in [0.15, 0.2) is 34.7 Å². The molecule has 20 heavy (non-hydrogen) atoms. The molecular weight excluding hydrogens is 265 g/mol. The van der Waals surface area contributed by atoms with Crippen molar-refractivity contribution in [3.63, 3.8) is 0 Å². The highest BCUT2D eigenvalue weighted by Gasteiger charge is 2.15. The van der Waals surface area contributed by atoms with E-state index in [0.717, 1.165) is 0 Å². The van der Waals surface area contributed by atoms with Gasteiger partial charge in [-0.3, -0.25) is 4.79 Å². The number of amides is 1. The van der Waals surface area contributed by atoms with Crippen LogP contribution in [0.5, 0.6) is 0 Å². The van der Waals surface area contributed by atoms with Gasteiger partial charge >= 0.3 is 5.97 Å². The highest BCUT2D eigenvalue weighted by atomic mass is 19.1. The molecule has 5 nitrogen and oxygen atoms in total. The van der Waals surface area contributed by atoms with E-state index >= 15 is 0 Å². The van der Waals surface area contributed by atoms with E-state index in [1.54, 1.807) is 6.07 Å². The lowest BCUT2D eigenvalue weighted by molar-refractivity contribution is 0.0694. The molecule has 0 atom stereocenters. The van der Waals surface area contributed by atoms with Crippen LogP contribution < -0.4 is 5.32 Å². The molecule has 1 aromatic carbocycles. The largest absolute Gasteiger partial charge is 0.478 e. The summed E-state index contributed by atoms with van der Waals surface area (Å²) in [6, 6.07) is 6.92. The summed E-state index contributed by atoms with van der Waals surface area (Å²) in [6.07, 6.45) is 0. The van der Waals surface area contributed by atoms with E-state index in [1.165, 1.54) is 31.2 Å². The minimum atomic E-state index is -1.10. The molecule has 0 spiro atoms. The lowest BCUT2D eigenvalue weighted by Gasteiger charge is -2.03. The van der Waals surface area contributed by atoms with Gasteiger partial charge in [0.2, 0.25) is 0 Å². The quantitative estimate of drug-likeness (QED) is 0.899. The molecule has 1 amide bonds. The fourth-order valence-corrected chi connectivity index (χ4v) is 1.75. The SMILES string of the molecule is Cc1oc(CNC(=O)c2ccccc2F)cc1C(=O)O. The van der Waals surface area contributed by atoms with Crippen molar-refractivity contribution in [3.8, 4) is 0 Å². The van der Waals surface area contributed by atoms with E-state index in [1.807, 2.05) is 0 Å². The van der Waals surface area contributed by atoms with Crippen molar-refractivity contribution in [1.82, 2.24) is 5.32 Å². The first-order valence-corrected chi connectivity index (χ1v) is 5.84. The molecule has 2 N–H and O–H groups in total. The summed E-state index contributed by atoms with van der Waals surface area (Å²) in [6.45, 7) is 1.51. The highest BCUT2D eigenvalue weighted by Crippen LogP contribution is 2.14. The Hall–Kier alpha value is -2.63. The highest BCUT2D eigenvalue weighted by molar-refractivity contribution is 5.94. The smallest absolute Gasteiger partial charge is 0.339 e. The fraction of sp³-hybridized carbons (Fsp3) is 0.143.